The van der Waals surface area contributed by atoms with E-state index in [1.807, 2.05) is 0 Å². The summed E-state index contributed by atoms with van der Waals surface area (Å²) in [6.45, 7) is 22.8. The van der Waals surface area contributed by atoms with E-state index in [9.17, 15) is 15.0 Å². The first-order chi connectivity index (χ1) is 21.2. The van der Waals surface area contributed by atoms with Gasteiger partial charge in [0.2, 0.25) is 0 Å². The molecule has 4 fully saturated rings. The number of rotatable bonds is 9. The molecule has 5 heteroatoms. The van der Waals surface area contributed by atoms with E-state index in [0.717, 1.165) is 37.8 Å². The molecule has 4 saturated carbocycles. The van der Waals surface area contributed by atoms with Gasteiger partial charge in [-0.3, -0.25) is 4.79 Å². The topological polar surface area (TPSA) is 81.6 Å². The molecule has 252 valence electrons. The summed E-state index contributed by atoms with van der Waals surface area (Å²) in [5, 5.41) is 26.4. The van der Waals surface area contributed by atoms with Gasteiger partial charge in [-0.05, 0) is 146 Å². The largest absolute Gasteiger partial charge is 0.481 e. The first-order valence-corrected chi connectivity index (χ1v) is 18.6. The number of aliphatic hydroxyl groups excluding tert-OH is 1. The van der Waals surface area contributed by atoms with Crippen LogP contribution in [0.4, 0.5) is 0 Å². The minimum Gasteiger partial charge on any atom is -0.481 e. The molecule has 0 saturated heterocycles. The maximum Gasteiger partial charge on any atom is 0.306 e. The molecular weight excluding hydrogens is 556 g/mol. The summed E-state index contributed by atoms with van der Waals surface area (Å²) in [7, 11) is 0. The fourth-order valence-corrected chi connectivity index (χ4v) is 13.5. The highest BCUT2D eigenvalue weighted by Crippen LogP contribution is 2.76. The van der Waals surface area contributed by atoms with Crippen molar-refractivity contribution < 1.29 is 15.0 Å². The van der Waals surface area contributed by atoms with Crippen molar-refractivity contribution in [1.29, 1.82) is 0 Å². The molecule has 0 radical (unpaired) electrons. The summed E-state index contributed by atoms with van der Waals surface area (Å²) in [4.78, 5) is 11.6. The highest BCUT2D eigenvalue weighted by Gasteiger charge is 2.70. The minimum absolute atomic E-state index is 0.111. The molecule has 6 aliphatic rings. The van der Waals surface area contributed by atoms with Crippen LogP contribution in [0.5, 0.6) is 0 Å². The zero-order chi connectivity index (χ0) is 32.4. The van der Waals surface area contributed by atoms with E-state index in [4.69, 9.17) is 0 Å². The lowest BCUT2D eigenvalue weighted by Gasteiger charge is -2.72. The van der Waals surface area contributed by atoms with Crippen molar-refractivity contribution >= 4 is 5.97 Å². The summed E-state index contributed by atoms with van der Waals surface area (Å²) in [6, 6.07) is 0. The van der Waals surface area contributed by atoms with E-state index in [1.165, 1.54) is 74.5 Å². The zero-order valence-electron chi connectivity index (χ0n) is 29.4. The Labute approximate surface area is 274 Å². The van der Waals surface area contributed by atoms with E-state index in [1.54, 1.807) is 0 Å². The van der Waals surface area contributed by atoms with Gasteiger partial charge in [0.15, 0.2) is 0 Å². The Kier molecular flexibility index (Phi) is 8.86. The third-order valence-electron chi connectivity index (χ3n) is 15.8. The van der Waals surface area contributed by atoms with E-state index in [-0.39, 0.29) is 23.5 Å². The van der Waals surface area contributed by atoms with Gasteiger partial charge in [-0.25, -0.2) is 0 Å². The van der Waals surface area contributed by atoms with Gasteiger partial charge in [-0.2, -0.15) is 0 Å². The Morgan fingerprint density at radius 2 is 1.69 bits per heavy atom. The Hall–Kier alpha value is -1.43. The molecule has 6 aliphatic carbocycles. The summed E-state index contributed by atoms with van der Waals surface area (Å²) in [5.74, 6) is 2.54. The van der Waals surface area contributed by atoms with E-state index < -0.39 is 5.97 Å². The summed E-state index contributed by atoms with van der Waals surface area (Å²) < 4.78 is 0. The van der Waals surface area contributed by atoms with Crippen molar-refractivity contribution in [1.82, 2.24) is 10.6 Å². The number of allylic oxidation sites excluding steroid dienone is 5. The SMILES string of the molecule is C=C(C)C1CCC2(NCCNCCO)CCC3(C)C(CCC4C5(C)CC=C(C6=CCC(C(=O)O)CC6)C(C)(C)C5CCC43C)C12. The zero-order valence-corrected chi connectivity index (χ0v) is 29.4. The van der Waals surface area contributed by atoms with Crippen LogP contribution >= 0.6 is 0 Å². The number of hydrogen-bond donors (Lipinski definition) is 4. The van der Waals surface area contributed by atoms with Crippen molar-refractivity contribution in [2.75, 3.05) is 26.2 Å². The van der Waals surface area contributed by atoms with E-state index >= 15 is 0 Å². The van der Waals surface area contributed by atoms with E-state index in [0.29, 0.717) is 47.0 Å². The molecule has 4 N–H and O–H groups in total. The second-order valence-corrected chi connectivity index (χ2v) is 17.8. The van der Waals surface area contributed by atoms with Gasteiger partial charge in [0.1, 0.15) is 0 Å². The van der Waals surface area contributed by atoms with E-state index in [2.05, 4.69) is 70.9 Å². The van der Waals surface area contributed by atoms with Gasteiger partial charge in [0.25, 0.3) is 0 Å². The summed E-state index contributed by atoms with van der Waals surface area (Å²) >= 11 is 0. The molecule has 5 nitrogen and oxygen atoms in total. The third-order valence-corrected chi connectivity index (χ3v) is 15.8. The molecule has 10 unspecified atom stereocenters. The Bertz CT molecular complexity index is 1240. The van der Waals surface area contributed by atoms with Crippen LogP contribution in [0.1, 0.15) is 119 Å². The molecule has 0 amide bonds. The number of aliphatic hydroxyl groups is 1. The third kappa shape index (κ3) is 5.07. The number of nitrogens with one attached hydrogen (secondary N) is 2. The van der Waals surface area contributed by atoms with Gasteiger partial charge in [-0.1, -0.05) is 58.9 Å². The van der Waals surface area contributed by atoms with Gasteiger partial charge >= 0.3 is 5.97 Å². The molecule has 10 atom stereocenters. The number of carboxylic acid groups (broad SMARTS) is 1. The molecule has 0 aromatic rings. The number of carbonyl (C=O) groups is 1. The van der Waals surface area contributed by atoms with Gasteiger partial charge in [0.05, 0.1) is 12.5 Å². The summed E-state index contributed by atoms with van der Waals surface area (Å²) in [5.41, 5.74) is 5.66. The van der Waals surface area contributed by atoms with Crippen LogP contribution in [0, 0.1) is 57.2 Å². The van der Waals surface area contributed by atoms with Crippen LogP contribution in [0.2, 0.25) is 0 Å². The number of hydrogen-bond acceptors (Lipinski definition) is 4. The number of aliphatic carboxylic acids is 1. The smallest absolute Gasteiger partial charge is 0.306 e. The first-order valence-electron chi connectivity index (χ1n) is 18.6. The van der Waals surface area contributed by atoms with Crippen molar-refractivity contribution in [2.45, 2.75) is 124 Å². The average Bonchev–Trinajstić information content (AvgIpc) is 3.37. The monoisotopic (exact) mass is 620 g/mol. The van der Waals surface area contributed by atoms with Crippen LogP contribution in [-0.4, -0.2) is 48.0 Å². The second-order valence-electron chi connectivity index (χ2n) is 17.8. The minimum atomic E-state index is -0.636. The Morgan fingerprint density at radius 1 is 0.911 bits per heavy atom. The lowest BCUT2D eigenvalue weighted by molar-refractivity contribution is -0.221. The maximum atomic E-state index is 11.6. The van der Waals surface area contributed by atoms with Crippen LogP contribution in [0.3, 0.4) is 0 Å². The summed E-state index contributed by atoms with van der Waals surface area (Å²) in [6.07, 6.45) is 18.9. The fourth-order valence-electron chi connectivity index (χ4n) is 13.5. The van der Waals surface area contributed by atoms with Gasteiger partial charge in [0, 0.05) is 25.2 Å². The molecule has 0 heterocycles. The molecule has 6 rings (SSSR count). The number of carboxylic acids is 1. The van der Waals surface area contributed by atoms with Crippen LogP contribution in [0.25, 0.3) is 0 Å². The standard InChI is InChI=1S/C40H64N2O3/c1-26(2)29-14-19-40(42-23-22-41-24-25-43)21-20-38(6)31(34(29)40)12-13-33-37(5)17-15-30(27-8-10-28(11-9-27)35(44)45)36(3,4)32(37)16-18-39(33,38)7/h8,15,28-29,31-34,41-43H,1,9-14,16-25H2,2-7H3,(H,44,45). The number of fused-ring (bicyclic) bond motifs is 7. The lowest BCUT2D eigenvalue weighted by Crippen LogP contribution is -2.68. The van der Waals surface area contributed by atoms with Crippen LogP contribution in [0.15, 0.2) is 35.5 Å². The Balaban J connectivity index is 1.28. The quantitative estimate of drug-likeness (QED) is 0.156. The van der Waals surface area contributed by atoms with Crippen molar-refractivity contribution in [2.24, 2.45) is 57.2 Å². The molecule has 0 bridgehead atoms. The van der Waals surface area contributed by atoms with Gasteiger partial charge < -0.3 is 20.8 Å². The van der Waals surface area contributed by atoms with Crippen LogP contribution in [-0.2, 0) is 4.79 Å². The lowest BCUT2D eigenvalue weighted by atomic mass is 9.33. The predicted octanol–water partition coefficient (Wildman–Crippen LogP) is 7.92. The highest BCUT2D eigenvalue weighted by molar-refractivity contribution is 5.70. The second kappa shape index (κ2) is 11.9. The van der Waals surface area contributed by atoms with Gasteiger partial charge in [-0.15, -0.1) is 0 Å². The molecule has 0 aromatic heterocycles. The highest BCUT2D eigenvalue weighted by atomic mass is 16.4. The maximum absolute atomic E-state index is 11.6. The van der Waals surface area contributed by atoms with Crippen LogP contribution < -0.4 is 10.6 Å². The van der Waals surface area contributed by atoms with Crippen molar-refractivity contribution in [3.05, 3.63) is 35.5 Å². The Morgan fingerprint density at radius 3 is 2.36 bits per heavy atom. The normalized spacial score (nSPS) is 45.3. The fraction of sp³-hybridized carbons (Fsp3) is 0.825. The molecular formula is C40H64N2O3. The van der Waals surface area contributed by atoms with Crippen molar-refractivity contribution in [3.63, 3.8) is 0 Å². The van der Waals surface area contributed by atoms with Crippen molar-refractivity contribution in [3.8, 4) is 0 Å². The molecule has 0 aliphatic heterocycles. The first kappa shape index (κ1) is 33.5. The molecule has 45 heavy (non-hydrogen) atoms. The molecule has 0 spiro atoms. The molecule has 0 aromatic carbocycles. The average molecular weight is 621 g/mol. The predicted molar refractivity (Wildman–Crippen MR) is 184 cm³/mol.